The molecule has 2 N–H and O–H groups in total. The minimum atomic E-state index is -0.684. The molecule has 0 radical (unpaired) electrons. The Balaban J connectivity index is 3.05. The number of aryl methyl sites for hydroxylation is 1. The number of rotatable bonds is 0. The summed E-state index contributed by atoms with van der Waals surface area (Å²) in [5.74, 6) is 4.02. The van der Waals surface area contributed by atoms with E-state index in [-0.39, 0.29) is 5.15 Å². The Labute approximate surface area is 80.9 Å². The number of aromatic nitrogens is 1. The molecule has 0 unspecified atom stereocenters. The van der Waals surface area contributed by atoms with Gasteiger partial charge in [0.2, 0.25) is 0 Å². The van der Waals surface area contributed by atoms with Crippen LogP contribution in [0.1, 0.15) is 11.3 Å². The van der Waals surface area contributed by atoms with E-state index in [0.29, 0.717) is 5.56 Å². The Morgan fingerprint density at radius 1 is 1.62 bits per heavy atom. The van der Waals surface area contributed by atoms with Gasteiger partial charge in [-0.05, 0) is 19.1 Å². The maximum Gasteiger partial charge on any atom is 0.293 e. The molecule has 0 aromatic carbocycles. The SMILES string of the molecule is Cc1ccc(C#CC(N)=O)c(Cl)n1. The zero-order valence-electron chi connectivity index (χ0n) is 6.97. The van der Waals surface area contributed by atoms with Crippen LogP contribution in [0.4, 0.5) is 0 Å². The highest BCUT2D eigenvalue weighted by molar-refractivity contribution is 6.30. The molecule has 0 atom stereocenters. The number of halogens is 1. The fourth-order valence-corrected chi connectivity index (χ4v) is 0.991. The number of amides is 1. The molecule has 0 saturated carbocycles. The number of pyridine rings is 1. The van der Waals surface area contributed by atoms with Crippen molar-refractivity contribution in [2.75, 3.05) is 0 Å². The Morgan fingerprint density at radius 3 is 2.85 bits per heavy atom. The lowest BCUT2D eigenvalue weighted by Gasteiger charge is -1.95. The van der Waals surface area contributed by atoms with Gasteiger partial charge in [0.05, 0.1) is 5.56 Å². The number of hydrogen-bond donors (Lipinski definition) is 1. The van der Waals surface area contributed by atoms with Gasteiger partial charge in [-0.1, -0.05) is 17.5 Å². The monoisotopic (exact) mass is 194 g/mol. The second-order valence-electron chi connectivity index (χ2n) is 2.41. The van der Waals surface area contributed by atoms with Crippen molar-refractivity contribution in [3.63, 3.8) is 0 Å². The molecule has 0 fully saturated rings. The predicted molar refractivity (Wildman–Crippen MR) is 50.1 cm³/mol. The lowest BCUT2D eigenvalue weighted by Crippen LogP contribution is -2.06. The largest absolute Gasteiger partial charge is 0.359 e. The van der Waals surface area contributed by atoms with E-state index in [2.05, 4.69) is 16.8 Å². The summed E-state index contributed by atoms with van der Waals surface area (Å²) < 4.78 is 0. The number of nitrogens with zero attached hydrogens (tertiary/aromatic N) is 1. The number of carbonyl (C=O) groups is 1. The van der Waals surface area contributed by atoms with Crippen molar-refractivity contribution in [2.24, 2.45) is 5.73 Å². The lowest BCUT2D eigenvalue weighted by molar-refractivity contribution is -0.112. The Kier molecular flexibility index (Phi) is 2.88. The van der Waals surface area contributed by atoms with Gasteiger partial charge in [0, 0.05) is 11.6 Å². The van der Waals surface area contributed by atoms with E-state index in [4.69, 9.17) is 17.3 Å². The summed E-state index contributed by atoms with van der Waals surface area (Å²) in [5, 5.41) is 0.286. The van der Waals surface area contributed by atoms with Crippen LogP contribution in [0.15, 0.2) is 12.1 Å². The molecule has 0 saturated heterocycles. The zero-order valence-corrected chi connectivity index (χ0v) is 7.72. The molecular formula is C9H7ClN2O. The van der Waals surface area contributed by atoms with Crippen molar-refractivity contribution in [3.8, 4) is 11.8 Å². The number of carbonyl (C=O) groups excluding carboxylic acids is 1. The van der Waals surface area contributed by atoms with E-state index in [1.807, 2.05) is 6.92 Å². The van der Waals surface area contributed by atoms with Crippen LogP contribution in [0.3, 0.4) is 0 Å². The third-order valence-electron chi connectivity index (χ3n) is 1.31. The molecule has 0 aliphatic heterocycles. The van der Waals surface area contributed by atoms with Gasteiger partial charge in [0.1, 0.15) is 5.15 Å². The average molecular weight is 195 g/mol. The van der Waals surface area contributed by atoms with E-state index >= 15 is 0 Å². The fourth-order valence-electron chi connectivity index (χ4n) is 0.747. The number of primary amides is 1. The van der Waals surface area contributed by atoms with E-state index in [1.54, 1.807) is 12.1 Å². The Hall–Kier alpha value is -1.53. The minimum absolute atomic E-state index is 0.286. The molecule has 4 heteroatoms. The Bertz CT molecular complexity index is 404. The summed E-state index contributed by atoms with van der Waals surface area (Å²) in [4.78, 5) is 14.3. The van der Waals surface area contributed by atoms with Crippen LogP contribution < -0.4 is 5.73 Å². The fraction of sp³-hybridized carbons (Fsp3) is 0.111. The van der Waals surface area contributed by atoms with Gasteiger partial charge < -0.3 is 5.73 Å². The van der Waals surface area contributed by atoms with Gasteiger partial charge in [-0.15, -0.1) is 0 Å². The highest BCUT2D eigenvalue weighted by Gasteiger charge is 1.97. The number of nitrogens with two attached hydrogens (primary N) is 1. The van der Waals surface area contributed by atoms with Crippen LogP contribution >= 0.6 is 11.6 Å². The minimum Gasteiger partial charge on any atom is -0.359 e. The van der Waals surface area contributed by atoms with Crippen molar-refractivity contribution >= 4 is 17.5 Å². The quantitative estimate of drug-likeness (QED) is 0.493. The molecule has 0 spiro atoms. The van der Waals surface area contributed by atoms with Crippen LogP contribution in [-0.2, 0) is 4.79 Å². The second kappa shape index (κ2) is 3.92. The third kappa shape index (κ3) is 2.77. The molecule has 1 rings (SSSR count). The van der Waals surface area contributed by atoms with E-state index in [0.717, 1.165) is 5.69 Å². The summed E-state index contributed by atoms with van der Waals surface area (Å²) >= 11 is 5.75. The predicted octanol–water partition coefficient (Wildman–Crippen LogP) is 0.880. The summed E-state index contributed by atoms with van der Waals surface area (Å²) in [7, 11) is 0. The molecule has 13 heavy (non-hydrogen) atoms. The van der Waals surface area contributed by atoms with Gasteiger partial charge in [0.25, 0.3) is 5.91 Å². The molecule has 0 aliphatic carbocycles. The van der Waals surface area contributed by atoms with Gasteiger partial charge in [-0.25, -0.2) is 4.98 Å². The normalized spacial score (nSPS) is 8.77. The Morgan fingerprint density at radius 2 is 2.31 bits per heavy atom. The molecule has 1 aromatic rings. The highest BCUT2D eigenvalue weighted by atomic mass is 35.5. The smallest absolute Gasteiger partial charge is 0.293 e. The van der Waals surface area contributed by atoms with Crippen molar-refractivity contribution in [3.05, 3.63) is 28.5 Å². The van der Waals surface area contributed by atoms with Crippen molar-refractivity contribution in [1.29, 1.82) is 0 Å². The summed E-state index contributed by atoms with van der Waals surface area (Å²) in [5.41, 5.74) is 6.15. The first-order valence-electron chi connectivity index (χ1n) is 3.54. The molecule has 1 aromatic heterocycles. The molecular weight excluding hydrogens is 188 g/mol. The zero-order chi connectivity index (χ0) is 9.84. The molecule has 1 amide bonds. The molecule has 3 nitrogen and oxygen atoms in total. The van der Waals surface area contributed by atoms with E-state index in [1.165, 1.54) is 0 Å². The third-order valence-corrected chi connectivity index (χ3v) is 1.60. The van der Waals surface area contributed by atoms with Gasteiger partial charge >= 0.3 is 0 Å². The standard InChI is InChI=1S/C9H7ClN2O/c1-6-2-3-7(9(10)12-6)4-5-8(11)13/h2-3H,1H3,(H2,11,13). The lowest BCUT2D eigenvalue weighted by atomic mass is 10.2. The summed E-state index contributed by atoms with van der Waals surface area (Å²) in [6.45, 7) is 1.82. The maximum absolute atomic E-state index is 10.3. The summed E-state index contributed by atoms with van der Waals surface area (Å²) in [6.07, 6.45) is 0. The van der Waals surface area contributed by atoms with E-state index in [9.17, 15) is 4.79 Å². The first-order valence-corrected chi connectivity index (χ1v) is 3.92. The van der Waals surface area contributed by atoms with Gasteiger partial charge in [-0.3, -0.25) is 4.79 Å². The maximum atomic E-state index is 10.3. The van der Waals surface area contributed by atoms with Crippen LogP contribution in [0.25, 0.3) is 0 Å². The van der Waals surface area contributed by atoms with Crippen molar-refractivity contribution < 1.29 is 4.79 Å². The first-order chi connectivity index (χ1) is 6.09. The molecule has 66 valence electrons. The van der Waals surface area contributed by atoms with Gasteiger partial charge in [-0.2, -0.15) is 0 Å². The van der Waals surface area contributed by atoms with Crippen LogP contribution in [0.2, 0.25) is 5.15 Å². The topological polar surface area (TPSA) is 56.0 Å². The van der Waals surface area contributed by atoms with Crippen LogP contribution in [0.5, 0.6) is 0 Å². The highest BCUT2D eigenvalue weighted by Crippen LogP contribution is 2.11. The number of hydrogen-bond acceptors (Lipinski definition) is 2. The molecule has 0 aliphatic rings. The van der Waals surface area contributed by atoms with Crippen molar-refractivity contribution in [1.82, 2.24) is 4.98 Å². The van der Waals surface area contributed by atoms with Crippen LogP contribution in [0, 0.1) is 18.8 Å². The second-order valence-corrected chi connectivity index (χ2v) is 2.76. The average Bonchev–Trinajstić information content (AvgIpc) is 2.02. The first kappa shape index (κ1) is 9.56. The summed E-state index contributed by atoms with van der Waals surface area (Å²) in [6, 6.07) is 3.46. The molecule has 0 bridgehead atoms. The van der Waals surface area contributed by atoms with Crippen LogP contribution in [-0.4, -0.2) is 10.9 Å². The molecule has 1 heterocycles. The van der Waals surface area contributed by atoms with E-state index < -0.39 is 5.91 Å². The van der Waals surface area contributed by atoms with Gasteiger partial charge in [0.15, 0.2) is 0 Å². The van der Waals surface area contributed by atoms with Crippen molar-refractivity contribution in [2.45, 2.75) is 6.92 Å².